The van der Waals surface area contributed by atoms with E-state index >= 15 is 0 Å². The molecule has 1 aromatic rings. The first-order chi connectivity index (χ1) is 12.3. The second-order valence-corrected chi connectivity index (χ2v) is 5.53. The first-order valence-electron chi connectivity index (χ1n) is 7.77. The maximum atomic E-state index is 8.82. The van der Waals surface area contributed by atoms with E-state index in [4.69, 9.17) is 5.26 Å². The monoisotopic (exact) mass is 323 g/mol. The van der Waals surface area contributed by atoms with Crippen LogP contribution in [0.4, 0.5) is 0 Å². The van der Waals surface area contributed by atoms with Gasteiger partial charge < -0.3 is 4.98 Å². The van der Waals surface area contributed by atoms with E-state index in [0.29, 0.717) is 5.71 Å². The average molecular weight is 323 g/mol. The molecule has 0 aliphatic carbocycles. The normalized spacial score (nSPS) is 22.4. The second-order valence-electron chi connectivity index (χ2n) is 5.53. The summed E-state index contributed by atoms with van der Waals surface area (Å²) in [4.78, 5) is 16.3. The van der Waals surface area contributed by atoms with Gasteiger partial charge in [0.2, 0.25) is 0 Å². The predicted octanol–water partition coefficient (Wildman–Crippen LogP) is 3.77. The molecule has 1 aromatic heterocycles. The lowest BCUT2D eigenvalue weighted by atomic mass is 10.3. The van der Waals surface area contributed by atoms with Gasteiger partial charge in [-0.3, -0.25) is 4.99 Å². The number of nitrogens with zero attached hydrogens (tertiary/aromatic N) is 4. The minimum atomic E-state index is 0.425. The summed E-state index contributed by atoms with van der Waals surface area (Å²) >= 11 is 0. The minimum Gasteiger partial charge on any atom is -0.355 e. The molecule has 118 valence electrons. The molecule has 0 unspecified atom stereocenters. The molecule has 0 radical (unpaired) electrons. The van der Waals surface area contributed by atoms with Gasteiger partial charge in [0.25, 0.3) is 0 Å². The summed E-state index contributed by atoms with van der Waals surface area (Å²) in [6.07, 6.45) is 18.9. The van der Waals surface area contributed by atoms with Crippen molar-refractivity contribution < 1.29 is 0 Å². The summed E-state index contributed by atoms with van der Waals surface area (Å²) < 4.78 is 0. The first-order valence-corrected chi connectivity index (χ1v) is 7.77. The molecule has 3 aliphatic rings. The standard InChI is InChI=1S/C20H13N5/c21-13-20-8-7-19(25-20)12-18-6-5-17(24-18)11-16-4-3-15(23-16)10-14-2-1-9-22-14/h1-12,24H/b14-10-,16-11+,19-12+. The van der Waals surface area contributed by atoms with Crippen LogP contribution in [0.3, 0.4) is 0 Å². The lowest BCUT2D eigenvalue weighted by Crippen LogP contribution is -1.84. The average Bonchev–Trinajstić information content (AvgIpc) is 3.38. The molecule has 0 saturated heterocycles. The van der Waals surface area contributed by atoms with Crippen LogP contribution in [0.5, 0.6) is 0 Å². The van der Waals surface area contributed by atoms with E-state index in [1.807, 2.05) is 66.8 Å². The molecule has 25 heavy (non-hydrogen) atoms. The number of nitriles is 1. The van der Waals surface area contributed by atoms with E-state index in [9.17, 15) is 0 Å². The van der Waals surface area contributed by atoms with Crippen LogP contribution in [0.15, 0.2) is 86.7 Å². The molecule has 0 spiro atoms. The third-order valence-corrected chi connectivity index (χ3v) is 3.67. The van der Waals surface area contributed by atoms with Crippen LogP contribution in [0, 0.1) is 11.3 Å². The number of hydrogen-bond donors (Lipinski definition) is 1. The molecule has 0 fully saturated rings. The maximum absolute atomic E-state index is 8.82. The summed E-state index contributed by atoms with van der Waals surface area (Å²) in [5.41, 5.74) is 5.73. The van der Waals surface area contributed by atoms with E-state index in [-0.39, 0.29) is 0 Å². The Labute approximate surface area is 144 Å². The fourth-order valence-corrected chi connectivity index (χ4v) is 2.54. The number of rotatable bonds is 3. The van der Waals surface area contributed by atoms with Crippen LogP contribution in [-0.2, 0) is 0 Å². The second kappa shape index (κ2) is 6.38. The van der Waals surface area contributed by atoms with Crippen LogP contribution in [0.25, 0.3) is 12.2 Å². The third-order valence-electron chi connectivity index (χ3n) is 3.67. The predicted molar refractivity (Wildman–Crippen MR) is 101 cm³/mol. The number of nitrogens with one attached hydrogen (secondary N) is 1. The smallest absolute Gasteiger partial charge is 0.141 e. The van der Waals surface area contributed by atoms with Crippen molar-refractivity contribution in [3.8, 4) is 6.07 Å². The van der Waals surface area contributed by atoms with Gasteiger partial charge >= 0.3 is 0 Å². The molecule has 0 aromatic carbocycles. The molecular formula is C20H13N5. The summed E-state index contributed by atoms with van der Waals surface area (Å²) in [6.45, 7) is 0. The largest absolute Gasteiger partial charge is 0.355 e. The van der Waals surface area contributed by atoms with Gasteiger partial charge in [0.1, 0.15) is 11.8 Å². The summed E-state index contributed by atoms with van der Waals surface area (Å²) in [5, 5.41) is 8.82. The molecule has 1 N–H and O–H groups in total. The highest BCUT2D eigenvalue weighted by molar-refractivity contribution is 6.10. The fraction of sp³-hybridized carbons (Fsp3) is 0. The van der Waals surface area contributed by atoms with E-state index in [0.717, 1.165) is 34.2 Å². The number of H-pyrrole nitrogens is 1. The van der Waals surface area contributed by atoms with Gasteiger partial charge in [0.15, 0.2) is 0 Å². The van der Waals surface area contributed by atoms with Gasteiger partial charge in [-0.1, -0.05) is 0 Å². The SMILES string of the molecule is N#CC1=N/C(=C/c2ccc(/C=C3\C=CC(/C=C4/C=CC=N4)=N3)[nH]2)C=C1. The molecule has 0 saturated carbocycles. The molecule has 3 aliphatic heterocycles. The zero-order chi connectivity index (χ0) is 17.1. The van der Waals surface area contributed by atoms with Crippen LogP contribution in [0.1, 0.15) is 11.4 Å². The van der Waals surface area contributed by atoms with Crippen LogP contribution >= 0.6 is 0 Å². The minimum absolute atomic E-state index is 0.425. The van der Waals surface area contributed by atoms with Crippen molar-refractivity contribution in [1.82, 2.24) is 4.98 Å². The zero-order valence-electron chi connectivity index (χ0n) is 13.2. The first kappa shape index (κ1) is 14.8. The van der Waals surface area contributed by atoms with E-state index in [1.54, 1.807) is 12.3 Å². The van der Waals surface area contributed by atoms with Crippen molar-refractivity contribution in [2.45, 2.75) is 0 Å². The molecule has 5 heteroatoms. The molecule has 0 amide bonds. The Morgan fingerprint density at radius 3 is 2.28 bits per heavy atom. The fourth-order valence-electron chi connectivity index (χ4n) is 2.54. The van der Waals surface area contributed by atoms with Crippen molar-refractivity contribution in [3.63, 3.8) is 0 Å². The number of aromatic amines is 1. The summed E-state index contributed by atoms with van der Waals surface area (Å²) in [5.74, 6) is 0. The molecule has 0 bridgehead atoms. The molecular weight excluding hydrogens is 310 g/mol. The van der Waals surface area contributed by atoms with Gasteiger partial charge in [-0.15, -0.1) is 0 Å². The Balaban J connectivity index is 1.50. The van der Waals surface area contributed by atoms with E-state index in [2.05, 4.69) is 20.0 Å². The van der Waals surface area contributed by atoms with Crippen LogP contribution in [0.2, 0.25) is 0 Å². The Kier molecular flexibility index (Phi) is 3.77. The van der Waals surface area contributed by atoms with Crippen molar-refractivity contribution in [3.05, 3.63) is 83.1 Å². The van der Waals surface area contributed by atoms with Crippen molar-refractivity contribution in [1.29, 1.82) is 5.26 Å². The molecule has 0 atom stereocenters. The highest BCUT2D eigenvalue weighted by atomic mass is 14.8. The Bertz CT molecular complexity index is 1030. The van der Waals surface area contributed by atoms with Crippen molar-refractivity contribution >= 4 is 29.8 Å². The molecule has 4 heterocycles. The molecule has 5 nitrogen and oxygen atoms in total. The lowest BCUT2D eigenvalue weighted by molar-refractivity contribution is 1.32. The van der Waals surface area contributed by atoms with Crippen molar-refractivity contribution in [2.24, 2.45) is 15.0 Å². The Morgan fingerprint density at radius 2 is 1.60 bits per heavy atom. The van der Waals surface area contributed by atoms with Crippen LogP contribution in [-0.4, -0.2) is 22.6 Å². The van der Waals surface area contributed by atoms with Gasteiger partial charge in [-0.05, 0) is 66.8 Å². The van der Waals surface area contributed by atoms with Crippen LogP contribution < -0.4 is 0 Å². The van der Waals surface area contributed by atoms with Crippen molar-refractivity contribution in [2.75, 3.05) is 0 Å². The van der Waals surface area contributed by atoms with Gasteiger partial charge in [-0.2, -0.15) is 5.26 Å². The van der Waals surface area contributed by atoms with Gasteiger partial charge in [0, 0.05) is 17.6 Å². The number of allylic oxidation sites excluding steroid dienone is 7. The number of hydrogen-bond acceptors (Lipinski definition) is 4. The Hall–Kier alpha value is -3.78. The highest BCUT2D eigenvalue weighted by Crippen LogP contribution is 2.18. The van der Waals surface area contributed by atoms with E-state index in [1.165, 1.54) is 0 Å². The van der Waals surface area contributed by atoms with Gasteiger partial charge in [0.05, 0.1) is 22.8 Å². The number of aromatic nitrogens is 1. The van der Waals surface area contributed by atoms with E-state index < -0.39 is 0 Å². The lowest BCUT2D eigenvalue weighted by Gasteiger charge is -1.92. The summed E-state index contributed by atoms with van der Waals surface area (Å²) in [7, 11) is 0. The molecule has 4 rings (SSSR count). The quantitative estimate of drug-likeness (QED) is 0.903. The summed E-state index contributed by atoms with van der Waals surface area (Å²) in [6, 6.07) is 5.98. The highest BCUT2D eigenvalue weighted by Gasteiger charge is 2.06. The topological polar surface area (TPSA) is 76.7 Å². The number of aliphatic imine (C=N–C) groups is 3. The van der Waals surface area contributed by atoms with Gasteiger partial charge in [-0.25, -0.2) is 9.98 Å². The maximum Gasteiger partial charge on any atom is 0.141 e. The third kappa shape index (κ3) is 3.43. The zero-order valence-corrected chi connectivity index (χ0v) is 13.2. The Morgan fingerprint density at radius 1 is 0.840 bits per heavy atom.